The van der Waals surface area contributed by atoms with Gasteiger partial charge < -0.3 is 0 Å². The van der Waals surface area contributed by atoms with Gasteiger partial charge in [0.1, 0.15) is 11.0 Å². The number of carbonyl (C=O) groups is 2. The number of hydrogen-bond donors (Lipinski definition) is 0. The van der Waals surface area contributed by atoms with Crippen molar-refractivity contribution in [2.45, 2.75) is 33.1 Å². The zero-order valence-corrected chi connectivity index (χ0v) is 23.4. The molecule has 37 heavy (non-hydrogen) atoms. The fraction of sp³-hybridized carbons (Fsp3) is 0.172. The van der Waals surface area contributed by atoms with Gasteiger partial charge in [0.05, 0.1) is 9.75 Å². The molecule has 0 spiro atoms. The van der Waals surface area contributed by atoms with Crippen molar-refractivity contribution in [1.82, 2.24) is 9.97 Å². The highest BCUT2D eigenvalue weighted by molar-refractivity contribution is 7.23. The number of ketones is 2. The minimum absolute atomic E-state index is 0.374. The molecule has 5 aromatic heterocycles. The van der Waals surface area contributed by atoms with Crippen LogP contribution in [0.5, 0.6) is 0 Å². The monoisotopic (exact) mass is 556 g/mol. The summed E-state index contributed by atoms with van der Waals surface area (Å²) in [5.74, 6) is -0.748. The number of Topliss-reactive ketones (excluding diaryl/α,β-unsaturated/α-hetero) is 2. The second-order valence-corrected chi connectivity index (χ2v) is 14.1. The topological polar surface area (TPSA) is 59.9 Å². The summed E-state index contributed by atoms with van der Waals surface area (Å²) in [5.41, 5.74) is 3.18. The lowest BCUT2D eigenvalue weighted by molar-refractivity contribution is 0.0816. The minimum atomic E-state index is -0.374. The van der Waals surface area contributed by atoms with Gasteiger partial charge >= 0.3 is 0 Å². The molecule has 0 aliphatic heterocycles. The maximum absolute atomic E-state index is 12.8. The van der Waals surface area contributed by atoms with E-state index in [9.17, 15) is 9.59 Å². The largest absolute Gasteiger partial charge is 0.285 e. The van der Waals surface area contributed by atoms with Gasteiger partial charge in [-0.15, -0.1) is 45.3 Å². The molecule has 0 radical (unpaired) electrons. The second kappa shape index (κ2) is 8.77. The molecular weight excluding hydrogens is 537 g/mol. The van der Waals surface area contributed by atoms with Crippen LogP contribution in [0.2, 0.25) is 0 Å². The summed E-state index contributed by atoms with van der Waals surface area (Å²) in [7, 11) is 0. The summed E-state index contributed by atoms with van der Waals surface area (Å²) >= 11 is 6.92. The van der Waals surface area contributed by atoms with E-state index in [4.69, 9.17) is 0 Å². The van der Waals surface area contributed by atoms with Gasteiger partial charge in [-0.2, -0.15) is 0 Å². The zero-order valence-electron chi connectivity index (χ0n) is 20.1. The van der Waals surface area contributed by atoms with Gasteiger partial charge in [-0.25, -0.2) is 0 Å². The van der Waals surface area contributed by atoms with Gasteiger partial charge in [0.15, 0.2) is 0 Å². The molecule has 7 rings (SSSR count). The number of benzene rings is 1. The van der Waals surface area contributed by atoms with Crippen LogP contribution in [0.4, 0.5) is 0 Å². The molecule has 0 unspecified atom stereocenters. The number of nitrogens with zero attached hydrogens (tertiary/aromatic N) is 2. The van der Waals surface area contributed by atoms with Crippen LogP contribution in [0.25, 0.3) is 31.6 Å². The number of aryl methyl sites for hydroxylation is 4. The Hall–Kier alpha value is -3.04. The van der Waals surface area contributed by atoms with Gasteiger partial charge in [-0.3, -0.25) is 19.6 Å². The Balaban J connectivity index is 1.23. The maximum atomic E-state index is 12.8. The standard InChI is InChI=1S/C29H20N2O2S4/c1-14-11-19-26(32)27(33)20-12-16(36-29(20)28(19)34-14)13-23-18-6-4-3-5-17(18)21(37-23)7-8-22-25-24(15(2)35-22)30-9-10-31-25/h3-6,9-12H,7-8,13H2,1-2H3. The first-order valence-corrected chi connectivity index (χ1v) is 15.3. The summed E-state index contributed by atoms with van der Waals surface area (Å²) in [4.78, 5) is 43.9. The fourth-order valence-electron chi connectivity index (χ4n) is 5.14. The van der Waals surface area contributed by atoms with Crippen molar-refractivity contribution in [3.63, 3.8) is 0 Å². The van der Waals surface area contributed by atoms with Crippen LogP contribution in [0.15, 0.2) is 48.8 Å². The molecule has 4 nitrogen and oxygen atoms in total. The summed E-state index contributed by atoms with van der Waals surface area (Å²) < 4.78 is 0. The van der Waals surface area contributed by atoms with E-state index in [2.05, 4.69) is 41.2 Å². The van der Waals surface area contributed by atoms with E-state index >= 15 is 0 Å². The van der Waals surface area contributed by atoms with Crippen LogP contribution in [0, 0.1) is 13.8 Å². The molecule has 0 N–H and O–H groups in total. The maximum Gasteiger partial charge on any atom is 0.235 e. The van der Waals surface area contributed by atoms with Gasteiger partial charge in [-0.1, -0.05) is 24.3 Å². The average Bonchev–Trinajstić information content (AvgIpc) is 3.66. The first kappa shape index (κ1) is 23.1. The van der Waals surface area contributed by atoms with Crippen molar-refractivity contribution in [1.29, 1.82) is 0 Å². The normalized spacial score (nSPS) is 13.0. The number of rotatable bonds is 5. The Labute approximate surface area is 229 Å². The van der Waals surface area contributed by atoms with Crippen molar-refractivity contribution < 1.29 is 9.59 Å². The molecule has 0 fully saturated rings. The summed E-state index contributed by atoms with van der Waals surface area (Å²) in [6.45, 7) is 4.10. The molecule has 1 aliphatic rings. The van der Waals surface area contributed by atoms with Crippen molar-refractivity contribution >= 4 is 78.7 Å². The zero-order chi connectivity index (χ0) is 25.3. The quantitative estimate of drug-likeness (QED) is 0.202. The molecule has 8 heteroatoms. The third-order valence-electron chi connectivity index (χ3n) is 6.80. The lowest BCUT2D eigenvalue weighted by Crippen LogP contribution is -2.18. The van der Waals surface area contributed by atoms with Crippen molar-refractivity contribution in [3.05, 3.63) is 89.2 Å². The minimum Gasteiger partial charge on any atom is -0.285 e. The first-order valence-electron chi connectivity index (χ1n) is 12.0. The van der Waals surface area contributed by atoms with Crippen LogP contribution in [-0.4, -0.2) is 21.5 Å². The van der Waals surface area contributed by atoms with Crippen LogP contribution >= 0.6 is 45.3 Å². The predicted octanol–water partition coefficient (Wildman–Crippen LogP) is 8.07. The predicted molar refractivity (Wildman–Crippen MR) is 155 cm³/mol. The highest BCUT2D eigenvalue weighted by Gasteiger charge is 2.34. The molecule has 0 saturated heterocycles. The third-order valence-corrected chi connectivity index (χ3v) is 11.6. The fourth-order valence-corrected chi connectivity index (χ4v) is 9.94. The van der Waals surface area contributed by atoms with E-state index in [0.29, 0.717) is 11.1 Å². The molecular formula is C29H20N2O2S4. The highest BCUT2D eigenvalue weighted by atomic mass is 32.1. The Morgan fingerprint density at radius 3 is 2.14 bits per heavy atom. The van der Waals surface area contributed by atoms with Gasteiger partial charge in [0, 0.05) is 59.2 Å². The molecule has 0 atom stereocenters. The lowest BCUT2D eigenvalue weighted by Gasteiger charge is -2.08. The molecule has 182 valence electrons. The van der Waals surface area contributed by atoms with E-state index < -0.39 is 0 Å². The number of hydrogen-bond acceptors (Lipinski definition) is 8. The van der Waals surface area contributed by atoms with Crippen molar-refractivity contribution in [2.24, 2.45) is 0 Å². The molecule has 1 aromatic carbocycles. The smallest absolute Gasteiger partial charge is 0.235 e. The van der Waals surface area contributed by atoms with E-state index in [0.717, 1.165) is 49.8 Å². The Bertz CT molecular complexity index is 1880. The Morgan fingerprint density at radius 2 is 1.35 bits per heavy atom. The van der Waals surface area contributed by atoms with Crippen LogP contribution in [0.3, 0.4) is 0 Å². The highest BCUT2D eigenvalue weighted by Crippen LogP contribution is 2.45. The van der Waals surface area contributed by atoms with E-state index in [1.165, 1.54) is 30.3 Å². The molecule has 1 aliphatic carbocycles. The lowest BCUT2D eigenvalue weighted by atomic mass is 9.95. The molecule has 0 saturated carbocycles. The Kier molecular flexibility index (Phi) is 5.48. The number of fused-ring (bicyclic) bond motifs is 5. The first-order chi connectivity index (χ1) is 18.0. The number of carbonyl (C=O) groups excluding carboxylic acids is 2. The van der Waals surface area contributed by atoms with Gasteiger partial charge in [0.2, 0.25) is 11.6 Å². The second-order valence-electron chi connectivity index (χ2n) is 9.22. The van der Waals surface area contributed by atoms with E-state index in [1.807, 2.05) is 30.4 Å². The SMILES string of the molecule is Cc1cc2c(s1)-c1sc(Cc3sc(CCc4sc(C)c5nccnc45)c4ccccc34)cc1C(=O)C2=O. The van der Waals surface area contributed by atoms with E-state index in [-0.39, 0.29) is 11.6 Å². The summed E-state index contributed by atoms with van der Waals surface area (Å²) in [6.07, 6.45) is 6.17. The third kappa shape index (κ3) is 3.74. The van der Waals surface area contributed by atoms with Crippen LogP contribution in [0.1, 0.15) is 50.0 Å². The molecule has 0 amide bonds. The molecule has 5 heterocycles. The van der Waals surface area contributed by atoms with E-state index in [1.54, 1.807) is 46.4 Å². The van der Waals surface area contributed by atoms with Crippen LogP contribution < -0.4 is 0 Å². The van der Waals surface area contributed by atoms with Crippen molar-refractivity contribution in [2.75, 3.05) is 0 Å². The Morgan fingerprint density at radius 1 is 0.703 bits per heavy atom. The number of aromatic nitrogens is 2. The number of thiophene rings is 4. The average molecular weight is 557 g/mol. The molecule has 6 aromatic rings. The van der Waals surface area contributed by atoms with Gasteiger partial charge in [0.25, 0.3) is 0 Å². The molecule has 0 bridgehead atoms. The summed E-state index contributed by atoms with van der Waals surface area (Å²) in [5, 5.41) is 2.57. The van der Waals surface area contributed by atoms with Crippen LogP contribution in [-0.2, 0) is 19.3 Å². The van der Waals surface area contributed by atoms with Crippen molar-refractivity contribution in [3.8, 4) is 9.75 Å². The van der Waals surface area contributed by atoms with Gasteiger partial charge in [-0.05, 0) is 49.6 Å². The summed E-state index contributed by atoms with van der Waals surface area (Å²) in [6, 6.07) is 12.4.